The van der Waals surface area contributed by atoms with E-state index >= 15 is 0 Å². The number of carbonyl (C=O) groups is 1. The molecule has 0 atom stereocenters. The third-order valence-electron chi connectivity index (χ3n) is 5.09. The van der Waals surface area contributed by atoms with E-state index in [2.05, 4.69) is 79.7 Å². The Kier molecular flexibility index (Phi) is 6.93. The molecule has 1 fully saturated rings. The summed E-state index contributed by atoms with van der Waals surface area (Å²) in [7, 11) is 0. The Balaban J connectivity index is 1.78. The molecule has 3 heteroatoms. The predicted molar refractivity (Wildman–Crippen MR) is 132 cm³/mol. The van der Waals surface area contributed by atoms with Crippen molar-refractivity contribution in [2.24, 2.45) is 0 Å². The van der Waals surface area contributed by atoms with Crippen molar-refractivity contribution in [2.75, 3.05) is 11.5 Å². The summed E-state index contributed by atoms with van der Waals surface area (Å²) in [5, 5.41) is 0. The number of benzene rings is 3. The van der Waals surface area contributed by atoms with Crippen LogP contribution in [-0.2, 0) is 4.79 Å². The van der Waals surface area contributed by atoms with E-state index in [-0.39, 0.29) is 11.7 Å². The SMILES string of the molecule is Cc1ccc(/C=C/C(=O)C(=C2SCCS2)C(c2ccccc2)c2ccccc2)cc1. The summed E-state index contributed by atoms with van der Waals surface area (Å²) < 4.78 is 1.16. The molecule has 0 saturated carbocycles. The Morgan fingerprint density at radius 1 is 0.800 bits per heavy atom. The minimum Gasteiger partial charge on any atom is -0.290 e. The molecule has 1 aliphatic rings. The molecular weight excluding hydrogens is 404 g/mol. The van der Waals surface area contributed by atoms with Crippen molar-refractivity contribution in [1.82, 2.24) is 0 Å². The second kappa shape index (κ2) is 10.0. The first kappa shape index (κ1) is 20.8. The van der Waals surface area contributed by atoms with Gasteiger partial charge in [-0.15, -0.1) is 23.5 Å². The summed E-state index contributed by atoms with van der Waals surface area (Å²) in [6.45, 7) is 2.07. The van der Waals surface area contributed by atoms with Crippen LogP contribution in [0.5, 0.6) is 0 Å². The molecule has 1 nitrogen and oxygen atoms in total. The molecule has 0 bridgehead atoms. The Bertz CT molecular complexity index is 1000. The molecule has 0 N–H and O–H groups in total. The Morgan fingerprint density at radius 2 is 1.33 bits per heavy atom. The van der Waals surface area contributed by atoms with Crippen molar-refractivity contribution < 1.29 is 4.79 Å². The summed E-state index contributed by atoms with van der Waals surface area (Å²) in [5.74, 6) is 2.12. The van der Waals surface area contributed by atoms with Crippen LogP contribution in [0.15, 0.2) is 101 Å². The van der Waals surface area contributed by atoms with Gasteiger partial charge < -0.3 is 0 Å². The topological polar surface area (TPSA) is 17.1 Å². The first-order valence-electron chi connectivity index (χ1n) is 10.1. The van der Waals surface area contributed by atoms with Crippen molar-refractivity contribution in [1.29, 1.82) is 0 Å². The smallest absolute Gasteiger partial charge is 0.184 e. The first-order chi connectivity index (χ1) is 14.7. The van der Waals surface area contributed by atoms with Crippen LogP contribution in [0.3, 0.4) is 0 Å². The highest BCUT2D eigenvalue weighted by atomic mass is 32.2. The standard InChI is InChI=1S/C27H24OS2/c1-20-12-14-21(15-13-20)16-17-24(28)26(27-29-18-19-30-27)25(22-8-4-2-5-9-22)23-10-6-3-7-11-23/h2-17,25H,18-19H2,1H3/b17-16+. The van der Waals surface area contributed by atoms with E-state index in [9.17, 15) is 4.79 Å². The molecule has 3 aromatic rings. The van der Waals surface area contributed by atoms with Gasteiger partial charge in [0.25, 0.3) is 0 Å². The maximum atomic E-state index is 13.6. The predicted octanol–water partition coefficient (Wildman–Crippen LogP) is 7.10. The Labute approximate surface area is 187 Å². The van der Waals surface area contributed by atoms with Gasteiger partial charge in [-0.25, -0.2) is 0 Å². The zero-order valence-electron chi connectivity index (χ0n) is 17.0. The lowest BCUT2D eigenvalue weighted by Gasteiger charge is -2.22. The molecule has 0 radical (unpaired) electrons. The maximum Gasteiger partial charge on any atom is 0.184 e. The highest BCUT2D eigenvalue weighted by Crippen LogP contribution is 2.45. The minimum absolute atomic E-state index is 0.0735. The van der Waals surface area contributed by atoms with Gasteiger partial charge in [-0.2, -0.15) is 0 Å². The number of hydrogen-bond donors (Lipinski definition) is 0. The number of rotatable bonds is 6. The zero-order chi connectivity index (χ0) is 20.8. The van der Waals surface area contributed by atoms with Crippen molar-refractivity contribution >= 4 is 35.4 Å². The number of ketones is 1. The molecule has 1 heterocycles. The van der Waals surface area contributed by atoms with Crippen LogP contribution >= 0.6 is 23.5 Å². The third kappa shape index (κ3) is 4.97. The number of allylic oxidation sites excluding steroid dienone is 2. The van der Waals surface area contributed by atoms with Gasteiger partial charge in [0.05, 0.1) is 0 Å². The monoisotopic (exact) mass is 428 g/mol. The average molecular weight is 429 g/mol. The molecule has 0 unspecified atom stereocenters. The molecular formula is C27H24OS2. The van der Waals surface area contributed by atoms with Crippen LogP contribution in [0.2, 0.25) is 0 Å². The van der Waals surface area contributed by atoms with E-state index in [4.69, 9.17) is 0 Å². The van der Waals surface area contributed by atoms with Gasteiger partial charge in [0.1, 0.15) is 0 Å². The Morgan fingerprint density at radius 3 is 1.87 bits per heavy atom. The summed E-state index contributed by atoms with van der Waals surface area (Å²) in [4.78, 5) is 13.6. The molecule has 0 spiro atoms. The maximum absolute atomic E-state index is 13.6. The highest BCUT2D eigenvalue weighted by Gasteiger charge is 2.28. The summed E-state index contributed by atoms with van der Waals surface area (Å²) >= 11 is 3.62. The van der Waals surface area contributed by atoms with E-state index in [1.165, 1.54) is 5.56 Å². The van der Waals surface area contributed by atoms with Gasteiger partial charge in [-0.05, 0) is 29.7 Å². The van der Waals surface area contributed by atoms with Gasteiger partial charge in [-0.3, -0.25) is 4.79 Å². The quantitative estimate of drug-likeness (QED) is 0.390. The van der Waals surface area contributed by atoms with Crippen molar-refractivity contribution in [3.63, 3.8) is 0 Å². The fourth-order valence-corrected chi connectivity index (χ4v) is 6.20. The van der Waals surface area contributed by atoms with E-state index in [0.717, 1.165) is 38.0 Å². The van der Waals surface area contributed by atoms with Crippen LogP contribution in [0.25, 0.3) is 6.08 Å². The van der Waals surface area contributed by atoms with E-state index in [1.807, 2.05) is 41.7 Å². The van der Waals surface area contributed by atoms with E-state index in [1.54, 1.807) is 6.08 Å². The van der Waals surface area contributed by atoms with Crippen LogP contribution in [0, 0.1) is 6.92 Å². The van der Waals surface area contributed by atoms with E-state index in [0.29, 0.717) is 0 Å². The Hall–Kier alpha value is -2.49. The van der Waals surface area contributed by atoms with Crippen LogP contribution in [-0.4, -0.2) is 17.3 Å². The molecule has 0 amide bonds. The molecule has 4 rings (SSSR count). The lowest BCUT2D eigenvalue weighted by molar-refractivity contribution is -0.111. The molecule has 150 valence electrons. The molecule has 0 aliphatic carbocycles. The minimum atomic E-state index is -0.0735. The zero-order valence-corrected chi connectivity index (χ0v) is 18.6. The van der Waals surface area contributed by atoms with Crippen LogP contribution < -0.4 is 0 Å². The average Bonchev–Trinajstić information content (AvgIpc) is 3.32. The van der Waals surface area contributed by atoms with Crippen molar-refractivity contribution in [3.05, 3.63) is 123 Å². The molecule has 0 aromatic heterocycles. The van der Waals surface area contributed by atoms with Gasteiger partial charge in [0.2, 0.25) is 0 Å². The fraction of sp³-hybridized carbons (Fsp3) is 0.148. The normalized spacial score (nSPS) is 13.9. The van der Waals surface area contributed by atoms with Crippen LogP contribution in [0.4, 0.5) is 0 Å². The first-order valence-corrected chi connectivity index (χ1v) is 12.1. The van der Waals surface area contributed by atoms with Crippen molar-refractivity contribution in [3.8, 4) is 0 Å². The lowest BCUT2D eigenvalue weighted by Crippen LogP contribution is -2.13. The molecule has 1 saturated heterocycles. The molecule has 1 aliphatic heterocycles. The van der Waals surface area contributed by atoms with Crippen LogP contribution in [0.1, 0.15) is 28.2 Å². The fourth-order valence-electron chi connectivity index (χ4n) is 3.58. The van der Waals surface area contributed by atoms with E-state index < -0.39 is 0 Å². The number of hydrogen-bond acceptors (Lipinski definition) is 3. The molecule has 3 aromatic carbocycles. The summed E-state index contributed by atoms with van der Waals surface area (Å²) in [6, 6.07) is 29.0. The van der Waals surface area contributed by atoms with Gasteiger partial charge in [0.15, 0.2) is 5.78 Å². The second-order valence-corrected chi connectivity index (χ2v) is 9.73. The third-order valence-corrected chi connectivity index (χ3v) is 7.84. The summed E-state index contributed by atoms with van der Waals surface area (Å²) in [5.41, 5.74) is 5.45. The summed E-state index contributed by atoms with van der Waals surface area (Å²) in [6.07, 6.45) is 3.67. The highest BCUT2D eigenvalue weighted by molar-refractivity contribution is 8.25. The number of carbonyl (C=O) groups excluding carboxylic acids is 1. The lowest BCUT2D eigenvalue weighted by atomic mass is 9.83. The van der Waals surface area contributed by atoms with Crippen molar-refractivity contribution in [2.45, 2.75) is 12.8 Å². The molecule has 30 heavy (non-hydrogen) atoms. The van der Waals surface area contributed by atoms with Gasteiger partial charge >= 0.3 is 0 Å². The van der Waals surface area contributed by atoms with Gasteiger partial charge in [0, 0.05) is 27.2 Å². The largest absolute Gasteiger partial charge is 0.290 e. The number of aryl methyl sites for hydroxylation is 1. The number of thioether (sulfide) groups is 2. The van der Waals surface area contributed by atoms with Gasteiger partial charge in [-0.1, -0.05) is 96.6 Å². The second-order valence-electron chi connectivity index (χ2n) is 7.26.